The van der Waals surface area contributed by atoms with Crippen molar-refractivity contribution in [3.8, 4) is 5.69 Å². The zero-order valence-electron chi connectivity index (χ0n) is 11.3. The quantitative estimate of drug-likeness (QED) is 0.812. The summed E-state index contributed by atoms with van der Waals surface area (Å²) in [6, 6.07) is 9.79. The summed E-state index contributed by atoms with van der Waals surface area (Å²) in [4.78, 5) is 12.5. The summed E-state index contributed by atoms with van der Waals surface area (Å²) in [7, 11) is 1.94. The minimum absolute atomic E-state index is 0.120. The SMILES string of the molecule is CCCCc1c(C)n(C)n(-c2ccccc2)c1=O. The lowest BCUT2D eigenvalue weighted by Gasteiger charge is -2.07. The molecule has 0 spiro atoms. The van der Waals surface area contributed by atoms with Crippen LogP contribution in [0.1, 0.15) is 31.0 Å². The summed E-state index contributed by atoms with van der Waals surface area (Å²) in [5.41, 5.74) is 3.06. The van der Waals surface area contributed by atoms with Gasteiger partial charge in [0, 0.05) is 18.3 Å². The first kappa shape index (κ1) is 12.7. The first-order chi connectivity index (χ1) is 8.66. The molecule has 3 heteroatoms. The minimum atomic E-state index is 0.120. The van der Waals surface area contributed by atoms with Gasteiger partial charge in [-0.05, 0) is 31.9 Å². The fraction of sp³-hybridized carbons (Fsp3) is 0.400. The third-order valence-corrected chi connectivity index (χ3v) is 3.45. The van der Waals surface area contributed by atoms with Crippen LogP contribution in [0.25, 0.3) is 5.69 Å². The molecular formula is C15H20N2O. The van der Waals surface area contributed by atoms with E-state index in [0.29, 0.717) is 0 Å². The minimum Gasteiger partial charge on any atom is -0.285 e. The summed E-state index contributed by atoms with van der Waals surface area (Å²) in [6.45, 7) is 4.17. The lowest BCUT2D eigenvalue weighted by Crippen LogP contribution is -2.20. The van der Waals surface area contributed by atoms with Crippen molar-refractivity contribution >= 4 is 0 Å². The molecule has 0 saturated carbocycles. The predicted octanol–water partition coefficient (Wildman–Crippen LogP) is 2.83. The Morgan fingerprint density at radius 1 is 1.17 bits per heavy atom. The predicted molar refractivity (Wildman–Crippen MR) is 74.4 cm³/mol. The van der Waals surface area contributed by atoms with Crippen molar-refractivity contribution in [2.75, 3.05) is 0 Å². The maximum Gasteiger partial charge on any atom is 0.274 e. The molecule has 3 nitrogen and oxygen atoms in total. The molecule has 1 aromatic carbocycles. The van der Waals surface area contributed by atoms with E-state index in [0.717, 1.165) is 36.2 Å². The van der Waals surface area contributed by atoms with Gasteiger partial charge in [-0.15, -0.1) is 0 Å². The van der Waals surface area contributed by atoms with Crippen molar-refractivity contribution in [1.29, 1.82) is 0 Å². The van der Waals surface area contributed by atoms with Crippen LogP contribution in [0.4, 0.5) is 0 Å². The van der Waals surface area contributed by atoms with E-state index in [4.69, 9.17) is 0 Å². The first-order valence-electron chi connectivity index (χ1n) is 6.49. The molecule has 0 unspecified atom stereocenters. The van der Waals surface area contributed by atoms with Crippen LogP contribution in [0.3, 0.4) is 0 Å². The van der Waals surface area contributed by atoms with Crippen molar-refractivity contribution in [3.05, 3.63) is 51.9 Å². The number of aromatic nitrogens is 2. The number of hydrogen-bond donors (Lipinski definition) is 0. The van der Waals surface area contributed by atoms with Gasteiger partial charge in [0.15, 0.2) is 0 Å². The largest absolute Gasteiger partial charge is 0.285 e. The maximum absolute atomic E-state index is 12.5. The van der Waals surface area contributed by atoms with Gasteiger partial charge in [-0.3, -0.25) is 9.48 Å². The molecule has 0 amide bonds. The Kier molecular flexibility index (Phi) is 3.70. The van der Waals surface area contributed by atoms with Gasteiger partial charge in [0.25, 0.3) is 5.56 Å². The fourth-order valence-electron chi connectivity index (χ4n) is 2.27. The average molecular weight is 244 g/mol. The summed E-state index contributed by atoms with van der Waals surface area (Å²) in [5, 5.41) is 0. The Hall–Kier alpha value is -1.77. The third kappa shape index (κ3) is 2.13. The molecule has 0 aliphatic carbocycles. The monoisotopic (exact) mass is 244 g/mol. The second-order valence-electron chi connectivity index (χ2n) is 4.64. The van der Waals surface area contributed by atoms with Crippen molar-refractivity contribution in [3.63, 3.8) is 0 Å². The smallest absolute Gasteiger partial charge is 0.274 e. The number of nitrogens with zero attached hydrogens (tertiary/aromatic N) is 2. The molecule has 1 aromatic heterocycles. The molecule has 1 heterocycles. The molecule has 0 aliphatic rings. The average Bonchev–Trinajstić information content (AvgIpc) is 2.60. The molecule has 0 N–H and O–H groups in total. The van der Waals surface area contributed by atoms with Gasteiger partial charge in [-0.2, -0.15) is 0 Å². The highest BCUT2D eigenvalue weighted by molar-refractivity contribution is 5.33. The molecule has 18 heavy (non-hydrogen) atoms. The molecule has 0 atom stereocenters. The lowest BCUT2D eigenvalue weighted by atomic mass is 10.1. The van der Waals surface area contributed by atoms with E-state index >= 15 is 0 Å². The van der Waals surface area contributed by atoms with Crippen LogP contribution in [0.2, 0.25) is 0 Å². The number of hydrogen-bond acceptors (Lipinski definition) is 1. The van der Waals surface area contributed by atoms with Gasteiger partial charge in [0.1, 0.15) is 0 Å². The molecule has 0 aliphatic heterocycles. The highest BCUT2D eigenvalue weighted by Crippen LogP contribution is 2.11. The first-order valence-corrected chi connectivity index (χ1v) is 6.49. The topological polar surface area (TPSA) is 26.9 Å². The highest BCUT2D eigenvalue weighted by atomic mass is 16.1. The molecule has 0 radical (unpaired) electrons. The maximum atomic E-state index is 12.5. The van der Waals surface area contributed by atoms with Gasteiger partial charge >= 0.3 is 0 Å². The van der Waals surface area contributed by atoms with E-state index < -0.39 is 0 Å². The Bertz CT molecular complexity index is 579. The van der Waals surface area contributed by atoms with Crippen LogP contribution in [0, 0.1) is 6.92 Å². The van der Waals surface area contributed by atoms with E-state index in [1.54, 1.807) is 4.68 Å². The van der Waals surface area contributed by atoms with Gasteiger partial charge in [-0.1, -0.05) is 31.5 Å². The molecule has 0 fully saturated rings. The van der Waals surface area contributed by atoms with E-state index in [9.17, 15) is 4.79 Å². The van der Waals surface area contributed by atoms with Crippen LogP contribution in [-0.2, 0) is 13.5 Å². The van der Waals surface area contributed by atoms with Crippen molar-refractivity contribution in [2.24, 2.45) is 7.05 Å². The van der Waals surface area contributed by atoms with Gasteiger partial charge in [0.05, 0.1) is 5.69 Å². The summed E-state index contributed by atoms with van der Waals surface area (Å²) < 4.78 is 3.70. The summed E-state index contributed by atoms with van der Waals surface area (Å²) in [6.07, 6.45) is 3.04. The van der Waals surface area contributed by atoms with Crippen LogP contribution < -0.4 is 5.56 Å². The third-order valence-electron chi connectivity index (χ3n) is 3.45. The highest BCUT2D eigenvalue weighted by Gasteiger charge is 2.14. The van der Waals surface area contributed by atoms with Crippen molar-refractivity contribution in [1.82, 2.24) is 9.36 Å². The lowest BCUT2D eigenvalue weighted by molar-refractivity contribution is 0.630. The Balaban J connectivity index is 2.53. The number of para-hydroxylation sites is 1. The van der Waals surface area contributed by atoms with Crippen LogP contribution in [-0.4, -0.2) is 9.36 Å². The Morgan fingerprint density at radius 3 is 2.44 bits per heavy atom. The second kappa shape index (κ2) is 5.25. The van der Waals surface area contributed by atoms with Gasteiger partial charge < -0.3 is 0 Å². The van der Waals surface area contributed by atoms with E-state index in [1.165, 1.54) is 0 Å². The normalized spacial score (nSPS) is 10.8. The molecule has 2 rings (SSSR count). The molecule has 96 valence electrons. The molecule has 0 bridgehead atoms. The Labute approximate surface area is 108 Å². The van der Waals surface area contributed by atoms with E-state index in [1.807, 2.05) is 49.0 Å². The van der Waals surface area contributed by atoms with Crippen molar-refractivity contribution in [2.45, 2.75) is 33.1 Å². The molecule has 2 aromatic rings. The summed E-state index contributed by atoms with van der Waals surface area (Å²) >= 11 is 0. The number of rotatable bonds is 4. The van der Waals surface area contributed by atoms with Crippen molar-refractivity contribution < 1.29 is 0 Å². The zero-order chi connectivity index (χ0) is 13.1. The number of benzene rings is 1. The molecule has 0 saturated heterocycles. The van der Waals surface area contributed by atoms with Crippen LogP contribution in [0.15, 0.2) is 35.1 Å². The number of unbranched alkanes of at least 4 members (excludes halogenated alkanes) is 1. The summed E-state index contributed by atoms with van der Waals surface area (Å²) in [5.74, 6) is 0. The van der Waals surface area contributed by atoms with E-state index in [2.05, 4.69) is 6.92 Å². The second-order valence-corrected chi connectivity index (χ2v) is 4.64. The standard InChI is InChI=1S/C15H20N2O/c1-4-5-11-14-12(2)16(3)17(15(14)18)13-9-7-6-8-10-13/h6-10H,4-5,11H2,1-3H3. The van der Waals surface area contributed by atoms with Crippen LogP contribution >= 0.6 is 0 Å². The van der Waals surface area contributed by atoms with Gasteiger partial charge in [0.2, 0.25) is 0 Å². The molecular weight excluding hydrogens is 224 g/mol. The van der Waals surface area contributed by atoms with Crippen LogP contribution in [0.5, 0.6) is 0 Å². The fourth-order valence-corrected chi connectivity index (χ4v) is 2.27. The van der Waals surface area contributed by atoms with Gasteiger partial charge in [-0.25, -0.2) is 4.68 Å². The zero-order valence-corrected chi connectivity index (χ0v) is 11.3. The van der Waals surface area contributed by atoms with E-state index in [-0.39, 0.29) is 5.56 Å². The Morgan fingerprint density at radius 2 is 1.83 bits per heavy atom.